The Balaban J connectivity index is 1.57. The predicted molar refractivity (Wildman–Crippen MR) is 98.1 cm³/mol. The molecule has 6 aliphatic rings. The van der Waals surface area contributed by atoms with Crippen molar-refractivity contribution in [1.82, 2.24) is 10.2 Å². The number of nitrogens with zero attached hydrogens (tertiary/aromatic N) is 1. The van der Waals surface area contributed by atoms with Crippen LogP contribution in [0.4, 0.5) is 5.69 Å². The molecule has 2 spiro atoms. The van der Waals surface area contributed by atoms with Crippen LogP contribution >= 0.6 is 0 Å². The first-order chi connectivity index (χ1) is 12.0. The van der Waals surface area contributed by atoms with Gasteiger partial charge in [-0.25, -0.2) is 0 Å². The Hall–Kier alpha value is -1.81. The Bertz CT molecular complexity index is 843. The van der Waals surface area contributed by atoms with Crippen molar-refractivity contribution >= 4 is 17.2 Å². The summed E-state index contributed by atoms with van der Waals surface area (Å²) in [6, 6.07) is 8.95. The standard InChI is InChI=1S/C21H25N3O/c1-19(2)16-11-21-8-5-9-24(21)12-20(16,23-18(21)25)10-14-13-6-3-4-7-15(13)22-17(14)19/h3-4,6-7,10,16-17,22H,5,8-9,11-12H2,1-2H3,(H,23,25)/t16-,17?,20+,21-/m0/s1. The summed E-state index contributed by atoms with van der Waals surface area (Å²) in [5.41, 5.74) is 3.58. The van der Waals surface area contributed by atoms with Gasteiger partial charge in [0.15, 0.2) is 0 Å². The van der Waals surface area contributed by atoms with Gasteiger partial charge >= 0.3 is 0 Å². The van der Waals surface area contributed by atoms with E-state index in [1.807, 2.05) is 0 Å². The second-order valence-electron chi connectivity index (χ2n) is 9.35. The fourth-order valence-corrected chi connectivity index (χ4v) is 6.73. The lowest BCUT2D eigenvalue weighted by Gasteiger charge is -2.65. The highest BCUT2D eigenvalue weighted by atomic mass is 16.2. The summed E-state index contributed by atoms with van der Waals surface area (Å²) in [5.74, 6) is 0.750. The number of fused-ring (bicyclic) bond motifs is 4. The minimum absolute atomic E-state index is 0.0957. The van der Waals surface area contributed by atoms with E-state index in [4.69, 9.17) is 0 Å². The summed E-state index contributed by atoms with van der Waals surface area (Å²) in [6.45, 7) is 6.85. The summed E-state index contributed by atoms with van der Waals surface area (Å²) in [4.78, 5) is 15.6. The van der Waals surface area contributed by atoms with Crippen LogP contribution in [0.1, 0.15) is 38.7 Å². The van der Waals surface area contributed by atoms with Crippen LogP contribution in [0, 0.1) is 11.3 Å². The number of para-hydroxylation sites is 1. The number of benzene rings is 1. The smallest absolute Gasteiger partial charge is 0.241 e. The maximum Gasteiger partial charge on any atom is 0.241 e. The largest absolute Gasteiger partial charge is 0.377 e. The Morgan fingerprint density at radius 3 is 2.96 bits per heavy atom. The van der Waals surface area contributed by atoms with Gasteiger partial charge in [-0.3, -0.25) is 9.69 Å². The molecule has 0 aromatic heterocycles. The van der Waals surface area contributed by atoms with Crippen LogP contribution in [0.25, 0.3) is 5.57 Å². The molecule has 1 amide bonds. The summed E-state index contributed by atoms with van der Waals surface area (Å²) >= 11 is 0. The molecule has 5 aliphatic heterocycles. The molecule has 1 unspecified atom stereocenters. The van der Waals surface area contributed by atoms with Crippen molar-refractivity contribution in [2.75, 3.05) is 18.4 Å². The van der Waals surface area contributed by atoms with Crippen molar-refractivity contribution in [3.63, 3.8) is 0 Å². The Labute approximate surface area is 148 Å². The molecule has 25 heavy (non-hydrogen) atoms. The molecule has 4 heteroatoms. The molecule has 4 fully saturated rings. The number of hydrogen-bond donors (Lipinski definition) is 2. The third-order valence-corrected chi connectivity index (χ3v) is 7.91. The van der Waals surface area contributed by atoms with E-state index in [1.54, 1.807) is 0 Å². The number of carbonyl (C=O) groups is 1. The third-order valence-electron chi connectivity index (χ3n) is 7.91. The van der Waals surface area contributed by atoms with Gasteiger partial charge in [0, 0.05) is 17.8 Å². The molecular weight excluding hydrogens is 310 g/mol. The van der Waals surface area contributed by atoms with Crippen LogP contribution in [0.2, 0.25) is 0 Å². The zero-order valence-electron chi connectivity index (χ0n) is 14.9. The highest BCUT2D eigenvalue weighted by Gasteiger charge is 2.68. The first-order valence-electron chi connectivity index (χ1n) is 9.63. The molecule has 0 radical (unpaired) electrons. The lowest BCUT2D eigenvalue weighted by atomic mass is 9.51. The SMILES string of the molecule is CC1(C)C2Nc3ccccc3C2=C[C@@]23CN4CCC[C@]4(C[C@@H]12)C(=O)N3. The van der Waals surface area contributed by atoms with Crippen LogP contribution in [-0.4, -0.2) is 41.0 Å². The van der Waals surface area contributed by atoms with E-state index in [-0.39, 0.29) is 22.4 Å². The average molecular weight is 335 g/mol. The van der Waals surface area contributed by atoms with Gasteiger partial charge in [0.1, 0.15) is 5.54 Å². The van der Waals surface area contributed by atoms with Gasteiger partial charge in [0.2, 0.25) is 5.91 Å². The number of piperidine rings is 2. The van der Waals surface area contributed by atoms with Crippen molar-refractivity contribution in [2.45, 2.75) is 50.2 Å². The fourth-order valence-electron chi connectivity index (χ4n) is 6.73. The minimum Gasteiger partial charge on any atom is -0.377 e. The van der Waals surface area contributed by atoms with E-state index in [0.29, 0.717) is 12.0 Å². The number of anilines is 1. The van der Waals surface area contributed by atoms with Crippen molar-refractivity contribution in [1.29, 1.82) is 0 Å². The molecule has 7 rings (SSSR count). The number of nitrogens with one attached hydrogen (secondary N) is 2. The highest BCUT2D eigenvalue weighted by molar-refractivity contribution is 5.93. The first kappa shape index (κ1) is 14.4. The Kier molecular flexibility index (Phi) is 2.37. The van der Waals surface area contributed by atoms with E-state index in [9.17, 15) is 4.79 Å². The topological polar surface area (TPSA) is 44.4 Å². The van der Waals surface area contributed by atoms with E-state index >= 15 is 0 Å². The predicted octanol–water partition coefficient (Wildman–Crippen LogP) is 2.63. The normalized spacial score (nSPS) is 42.6. The zero-order chi connectivity index (χ0) is 17.0. The second-order valence-corrected chi connectivity index (χ2v) is 9.35. The van der Waals surface area contributed by atoms with E-state index in [2.05, 4.69) is 59.7 Å². The number of piperazine rings is 1. The van der Waals surface area contributed by atoms with E-state index < -0.39 is 0 Å². The maximum absolute atomic E-state index is 13.1. The quantitative estimate of drug-likeness (QED) is 0.766. The minimum atomic E-state index is -0.236. The van der Waals surface area contributed by atoms with Crippen LogP contribution < -0.4 is 10.6 Å². The molecule has 1 aromatic carbocycles. The molecule has 1 aliphatic carbocycles. The molecule has 130 valence electrons. The highest BCUT2D eigenvalue weighted by Crippen LogP contribution is 2.61. The number of amides is 1. The van der Waals surface area contributed by atoms with Crippen molar-refractivity contribution in [3.05, 3.63) is 35.9 Å². The van der Waals surface area contributed by atoms with Gasteiger partial charge in [0.25, 0.3) is 0 Å². The summed E-state index contributed by atoms with van der Waals surface area (Å²) in [6.07, 6.45) is 5.60. The third kappa shape index (κ3) is 1.48. The Morgan fingerprint density at radius 2 is 2.08 bits per heavy atom. The van der Waals surface area contributed by atoms with Gasteiger partial charge in [-0.15, -0.1) is 0 Å². The Morgan fingerprint density at radius 1 is 1.24 bits per heavy atom. The molecule has 4 nitrogen and oxygen atoms in total. The molecular formula is C21H25N3O. The number of hydrogen-bond acceptors (Lipinski definition) is 3. The van der Waals surface area contributed by atoms with Gasteiger partial charge < -0.3 is 10.6 Å². The maximum atomic E-state index is 13.1. The molecule has 5 heterocycles. The van der Waals surface area contributed by atoms with Crippen LogP contribution in [-0.2, 0) is 4.79 Å². The monoisotopic (exact) mass is 335 g/mol. The van der Waals surface area contributed by atoms with Crippen molar-refractivity contribution in [3.8, 4) is 0 Å². The number of carbonyl (C=O) groups excluding carboxylic acids is 1. The van der Waals surface area contributed by atoms with Crippen molar-refractivity contribution < 1.29 is 4.79 Å². The molecule has 2 bridgehead atoms. The summed E-state index contributed by atoms with van der Waals surface area (Å²) in [7, 11) is 0. The lowest BCUT2D eigenvalue weighted by Crippen LogP contribution is -2.81. The van der Waals surface area contributed by atoms with E-state index in [0.717, 1.165) is 32.4 Å². The summed E-state index contributed by atoms with van der Waals surface area (Å²) < 4.78 is 0. The van der Waals surface area contributed by atoms with Gasteiger partial charge in [-0.2, -0.15) is 0 Å². The van der Waals surface area contributed by atoms with E-state index in [1.165, 1.54) is 16.8 Å². The van der Waals surface area contributed by atoms with Crippen LogP contribution in [0.15, 0.2) is 30.3 Å². The average Bonchev–Trinajstić information content (AvgIpc) is 3.16. The lowest BCUT2D eigenvalue weighted by molar-refractivity contribution is -0.158. The number of rotatable bonds is 0. The van der Waals surface area contributed by atoms with Gasteiger partial charge in [-0.1, -0.05) is 38.1 Å². The molecule has 2 N–H and O–H groups in total. The second kappa shape index (κ2) is 4.12. The van der Waals surface area contributed by atoms with Gasteiger partial charge in [-0.05, 0) is 48.8 Å². The molecule has 4 saturated heterocycles. The molecule has 1 aromatic rings. The van der Waals surface area contributed by atoms with Crippen LogP contribution in [0.5, 0.6) is 0 Å². The zero-order valence-corrected chi connectivity index (χ0v) is 14.9. The fraction of sp³-hybridized carbons (Fsp3) is 0.571. The first-order valence-corrected chi connectivity index (χ1v) is 9.63. The molecule has 4 atom stereocenters. The van der Waals surface area contributed by atoms with Gasteiger partial charge in [0.05, 0.1) is 11.6 Å². The van der Waals surface area contributed by atoms with Crippen molar-refractivity contribution in [2.24, 2.45) is 11.3 Å². The molecule has 0 saturated carbocycles. The van der Waals surface area contributed by atoms with Crippen LogP contribution in [0.3, 0.4) is 0 Å². The summed E-state index contributed by atoms with van der Waals surface area (Å²) in [5, 5.41) is 7.30.